The first-order valence-corrected chi connectivity index (χ1v) is 8.45. The number of nitrogens with zero attached hydrogens (tertiary/aromatic N) is 1. The Morgan fingerprint density at radius 1 is 1.17 bits per heavy atom. The molecule has 2 fully saturated rings. The zero-order valence-corrected chi connectivity index (χ0v) is 12.2. The van der Waals surface area contributed by atoms with Gasteiger partial charge in [-0.25, -0.2) is 0 Å². The summed E-state index contributed by atoms with van der Waals surface area (Å²) in [7, 11) is -3.31. The highest BCUT2D eigenvalue weighted by Gasteiger charge is 2.32. The maximum absolute atomic E-state index is 12.3. The summed E-state index contributed by atoms with van der Waals surface area (Å²) in [4.78, 5) is 0. The number of hydrogen-bond donors (Lipinski definition) is 2. The molecule has 2 N–H and O–H groups in total. The van der Waals surface area contributed by atoms with E-state index in [4.69, 9.17) is 0 Å². The molecular formula is C12H25N3O2S. The lowest BCUT2D eigenvalue weighted by molar-refractivity contribution is 0.260. The van der Waals surface area contributed by atoms with Crippen LogP contribution in [0.25, 0.3) is 0 Å². The molecule has 0 amide bonds. The molecule has 0 aromatic heterocycles. The molecule has 2 heterocycles. The van der Waals surface area contributed by atoms with Crippen molar-refractivity contribution in [3.8, 4) is 0 Å². The quantitative estimate of drug-likeness (QED) is 0.802. The van der Waals surface area contributed by atoms with Crippen LogP contribution in [0.5, 0.6) is 0 Å². The number of nitrogens with one attached hydrogen (secondary N) is 2. The second-order valence-corrected chi connectivity index (χ2v) is 7.32. The molecule has 2 aliphatic heterocycles. The minimum atomic E-state index is -3.31. The molecule has 18 heavy (non-hydrogen) atoms. The Labute approximate surface area is 110 Å². The molecule has 2 saturated heterocycles. The van der Waals surface area contributed by atoms with E-state index in [1.54, 1.807) is 4.31 Å². The zero-order chi connectivity index (χ0) is 13.2. The molecule has 3 unspecified atom stereocenters. The molecule has 106 valence electrons. The maximum Gasteiger partial charge on any atom is 0.279 e. The van der Waals surface area contributed by atoms with Gasteiger partial charge in [0.05, 0.1) is 0 Å². The van der Waals surface area contributed by atoms with E-state index in [0.29, 0.717) is 12.6 Å². The first-order chi connectivity index (χ1) is 8.49. The van der Waals surface area contributed by atoms with Gasteiger partial charge < -0.3 is 5.32 Å². The summed E-state index contributed by atoms with van der Waals surface area (Å²) in [6.45, 7) is 5.53. The Morgan fingerprint density at radius 2 is 1.94 bits per heavy atom. The first-order valence-electron chi connectivity index (χ1n) is 7.01. The van der Waals surface area contributed by atoms with Crippen molar-refractivity contribution < 1.29 is 8.42 Å². The molecule has 0 aromatic rings. The van der Waals surface area contributed by atoms with E-state index in [-0.39, 0.29) is 12.1 Å². The van der Waals surface area contributed by atoms with E-state index in [0.717, 1.165) is 38.6 Å². The van der Waals surface area contributed by atoms with Gasteiger partial charge in [0.15, 0.2) is 0 Å². The van der Waals surface area contributed by atoms with Crippen molar-refractivity contribution >= 4 is 10.2 Å². The summed E-state index contributed by atoms with van der Waals surface area (Å²) in [6, 6.07) is 0.673. The van der Waals surface area contributed by atoms with Crippen LogP contribution in [0.2, 0.25) is 0 Å². The summed E-state index contributed by atoms with van der Waals surface area (Å²) in [5, 5.41) is 3.32. The molecular weight excluding hydrogens is 250 g/mol. The Morgan fingerprint density at radius 3 is 2.56 bits per heavy atom. The van der Waals surface area contributed by atoms with Crippen LogP contribution in [-0.4, -0.2) is 43.9 Å². The fourth-order valence-corrected chi connectivity index (χ4v) is 4.51. The standard InChI is InChI=1S/C12H25N3O2S/c1-10-6-7-12(9-13-10)14-18(16,17)15-8-4-3-5-11(15)2/h10-14H,3-9H2,1-2H3. The van der Waals surface area contributed by atoms with Gasteiger partial charge in [-0.2, -0.15) is 17.4 Å². The second-order valence-electron chi connectivity index (χ2n) is 5.66. The SMILES string of the molecule is CC1CCC(NS(=O)(=O)N2CCCCC2C)CN1. The van der Waals surface area contributed by atoms with E-state index in [9.17, 15) is 8.42 Å². The molecule has 5 nitrogen and oxygen atoms in total. The predicted octanol–water partition coefficient (Wildman–Crippen LogP) is 0.836. The third-order valence-electron chi connectivity index (χ3n) is 4.03. The van der Waals surface area contributed by atoms with E-state index < -0.39 is 10.2 Å². The van der Waals surface area contributed by atoms with Gasteiger partial charge in [0.1, 0.15) is 0 Å². The van der Waals surface area contributed by atoms with Crippen LogP contribution in [0.15, 0.2) is 0 Å². The largest absolute Gasteiger partial charge is 0.313 e. The van der Waals surface area contributed by atoms with E-state index in [1.807, 2.05) is 6.92 Å². The van der Waals surface area contributed by atoms with Gasteiger partial charge in [-0.3, -0.25) is 0 Å². The molecule has 3 atom stereocenters. The third kappa shape index (κ3) is 3.44. The van der Waals surface area contributed by atoms with Gasteiger partial charge >= 0.3 is 0 Å². The minimum absolute atomic E-state index is 0.0420. The van der Waals surface area contributed by atoms with Crippen molar-refractivity contribution in [3.63, 3.8) is 0 Å². The monoisotopic (exact) mass is 275 g/mol. The zero-order valence-electron chi connectivity index (χ0n) is 11.4. The van der Waals surface area contributed by atoms with Gasteiger partial charge in [-0.15, -0.1) is 0 Å². The lowest BCUT2D eigenvalue weighted by Crippen LogP contribution is -2.54. The summed E-state index contributed by atoms with van der Waals surface area (Å²) >= 11 is 0. The van der Waals surface area contributed by atoms with Crippen molar-refractivity contribution in [1.29, 1.82) is 0 Å². The van der Waals surface area contributed by atoms with E-state index in [2.05, 4.69) is 17.0 Å². The van der Waals surface area contributed by atoms with Gasteiger partial charge in [-0.05, 0) is 39.5 Å². The van der Waals surface area contributed by atoms with Crippen LogP contribution >= 0.6 is 0 Å². The van der Waals surface area contributed by atoms with Crippen LogP contribution < -0.4 is 10.0 Å². The van der Waals surface area contributed by atoms with E-state index >= 15 is 0 Å². The first kappa shape index (κ1) is 14.2. The lowest BCUT2D eigenvalue weighted by atomic mass is 10.0. The molecule has 0 aromatic carbocycles. The Balaban J connectivity index is 1.94. The second kappa shape index (κ2) is 5.86. The molecule has 6 heteroatoms. The number of rotatable bonds is 3. The molecule has 0 spiro atoms. The summed E-state index contributed by atoms with van der Waals surface area (Å²) < 4.78 is 29.2. The summed E-state index contributed by atoms with van der Waals surface area (Å²) in [5.41, 5.74) is 0. The van der Waals surface area contributed by atoms with Crippen LogP contribution in [0.3, 0.4) is 0 Å². The molecule has 0 aliphatic carbocycles. The van der Waals surface area contributed by atoms with Crippen LogP contribution in [0.4, 0.5) is 0 Å². The van der Waals surface area contributed by atoms with Gasteiger partial charge in [-0.1, -0.05) is 6.42 Å². The smallest absolute Gasteiger partial charge is 0.279 e. The average molecular weight is 275 g/mol. The maximum atomic E-state index is 12.3. The van der Waals surface area contributed by atoms with Crippen LogP contribution in [0, 0.1) is 0 Å². The van der Waals surface area contributed by atoms with Crippen molar-refractivity contribution in [2.45, 2.75) is 64.1 Å². The van der Waals surface area contributed by atoms with Crippen molar-refractivity contribution in [2.75, 3.05) is 13.1 Å². The van der Waals surface area contributed by atoms with Crippen molar-refractivity contribution in [3.05, 3.63) is 0 Å². The fourth-order valence-electron chi connectivity index (χ4n) is 2.81. The molecule has 0 bridgehead atoms. The topological polar surface area (TPSA) is 61.4 Å². The molecule has 0 saturated carbocycles. The Hall–Kier alpha value is -0.170. The van der Waals surface area contributed by atoms with Gasteiger partial charge in [0.2, 0.25) is 0 Å². The number of hydrogen-bond acceptors (Lipinski definition) is 3. The summed E-state index contributed by atoms with van der Waals surface area (Å²) in [5.74, 6) is 0. The fraction of sp³-hybridized carbons (Fsp3) is 1.00. The van der Waals surface area contributed by atoms with Crippen molar-refractivity contribution in [1.82, 2.24) is 14.3 Å². The molecule has 2 aliphatic rings. The minimum Gasteiger partial charge on any atom is -0.313 e. The Bertz CT molecular complexity index is 364. The van der Waals surface area contributed by atoms with Crippen LogP contribution in [0.1, 0.15) is 46.0 Å². The van der Waals surface area contributed by atoms with E-state index in [1.165, 1.54) is 0 Å². The third-order valence-corrected chi connectivity index (χ3v) is 5.82. The number of piperidine rings is 2. The van der Waals surface area contributed by atoms with Gasteiger partial charge in [0.25, 0.3) is 10.2 Å². The normalized spacial score (nSPS) is 35.6. The molecule has 0 radical (unpaired) electrons. The Kier molecular flexibility index (Phi) is 4.64. The van der Waals surface area contributed by atoms with Crippen molar-refractivity contribution in [2.24, 2.45) is 0 Å². The highest BCUT2D eigenvalue weighted by molar-refractivity contribution is 7.87. The molecule has 2 rings (SSSR count). The highest BCUT2D eigenvalue weighted by atomic mass is 32.2. The lowest BCUT2D eigenvalue weighted by Gasteiger charge is -2.35. The average Bonchev–Trinajstić information content (AvgIpc) is 2.32. The van der Waals surface area contributed by atoms with Crippen LogP contribution in [-0.2, 0) is 10.2 Å². The predicted molar refractivity (Wildman–Crippen MR) is 72.6 cm³/mol. The highest BCUT2D eigenvalue weighted by Crippen LogP contribution is 2.20. The van der Waals surface area contributed by atoms with Gasteiger partial charge in [0, 0.05) is 31.2 Å². The summed E-state index contributed by atoms with van der Waals surface area (Å²) in [6.07, 6.45) is 5.04.